The van der Waals surface area contributed by atoms with Crippen LogP contribution in [0, 0.1) is 5.41 Å². The van der Waals surface area contributed by atoms with E-state index >= 15 is 0 Å². The Morgan fingerprint density at radius 1 is 1.28 bits per heavy atom. The van der Waals surface area contributed by atoms with Gasteiger partial charge in [0.1, 0.15) is 11.9 Å². The predicted molar refractivity (Wildman–Crippen MR) is 120 cm³/mol. The van der Waals surface area contributed by atoms with Crippen LogP contribution in [0.15, 0.2) is 41.5 Å². The van der Waals surface area contributed by atoms with E-state index in [0.29, 0.717) is 30.0 Å². The second-order valence-electron chi connectivity index (χ2n) is 7.14. The monoisotopic (exact) mass is 399 g/mol. The minimum Gasteiger partial charge on any atom is -0.490 e. The lowest BCUT2D eigenvalue weighted by molar-refractivity contribution is 0.0955. The zero-order chi connectivity index (χ0) is 21.8. The lowest BCUT2D eigenvalue weighted by Crippen LogP contribution is -2.25. The Bertz CT molecular complexity index is 776. The third-order valence-corrected chi connectivity index (χ3v) is 4.25. The average molecular weight is 400 g/mol. The van der Waals surface area contributed by atoms with Gasteiger partial charge in [-0.05, 0) is 56.5 Å². The van der Waals surface area contributed by atoms with Crippen LogP contribution in [0.4, 0.5) is 0 Å². The van der Waals surface area contributed by atoms with Gasteiger partial charge in [-0.25, -0.2) is 0 Å². The van der Waals surface area contributed by atoms with E-state index in [4.69, 9.17) is 10.1 Å². The molecule has 1 unspecified atom stereocenters. The van der Waals surface area contributed by atoms with Crippen LogP contribution < -0.4 is 10.1 Å². The van der Waals surface area contributed by atoms with E-state index in [2.05, 4.69) is 23.8 Å². The lowest BCUT2D eigenvalue weighted by atomic mass is 10.0. The third kappa shape index (κ3) is 8.87. The average Bonchev–Trinajstić information content (AvgIpc) is 2.70. The summed E-state index contributed by atoms with van der Waals surface area (Å²) >= 11 is 0. The van der Waals surface area contributed by atoms with Gasteiger partial charge in [-0.1, -0.05) is 25.5 Å². The highest BCUT2D eigenvalue weighted by atomic mass is 16.5. The van der Waals surface area contributed by atoms with Gasteiger partial charge in [-0.15, -0.1) is 0 Å². The van der Waals surface area contributed by atoms with E-state index in [1.807, 2.05) is 19.9 Å². The molecule has 0 spiro atoms. The summed E-state index contributed by atoms with van der Waals surface area (Å²) in [7, 11) is 0. The van der Waals surface area contributed by atoms with Crippen molar-refractivity contribution in [3.05, 3.63) is 47.7 Å². The van der Waals surface area contributed by atoms with Crippen LogP contribution in [0.1, 0.15) is 62.9 Å². The van der Waals surface area contributed by atoms with Crippen LogP contribution in [-0.2, 0) is 0 Å². The molecule has 1 atom stereocenters. The fourth-order valence-corrected chi connectivity index (χ4v) is 2.58. The Morgan fingerprint density at radius 3 is 2.55 bits per heavy atom. The summed E-state index contributed by atoms with van der Waals surface area (Å²) in [6.07, 6.45) is 5.05. The maximum Gasteiger partial charge on any atom is 0.251 e. The summed E-state index contributed by atoms with van der Waals surface area (Å²) in [5.74, 6) is 0.383. The molecular formula is C23H33N3O3. The smallest absolute Gasteiger partial charge is 0.251 e. The van der Waals surface area contributed by atoms with Gasteiger partial charge in [0, 0.05) is 37.6 Å². The van der Waals surface area contributed by atoms with E-state index in [1.165, 1.54) is 6.21 Å². The number of aliphatic hydroxyl groups is 1. The fourth-order valence-electron chi connectivity index (χ4n) is 2.58. The van der Waals surface area contributed by atoms with E-state index in [1.54, 1.807) is 25.3 Å². The summed E-state index contributed by atoms with van der Waals surface area (Å²) in [5.41, 5.74) is 3.64. The maximum atomic E-state index is 12.7. The zero-order valence-electron chi connectivity index (χ0n) is 17.9. The number of hydrogen-bond donors (Lipinski definition) is 3. The SMILES string of the molecule is C=C(C)c1cc(OC(CCC)CCO)cc(C(=O)NC/C(C)=C/N=C(/C)C=N)c1. The molecule has 3 N–H and O–H groups in total. The molecular weight excluding hydrogens is 366 g/mol. The predicted octanol–water partition coefficient (Wildman–Crippen LogP) is 4.39. The molecule has 1 rings (SSSR count). The minimum atomic E-state index is -0.215. The van der Waals surface area contributed by atoms with Crippen LogP contribution in [0.25, 0.3) is 5.57 Å². The van der Waals surface area contributed by atoms with Crippen molar-refractivity contribution in [1.29, 1.82) is 5.41 Å². The van der Waals surface area contributed by atoms with Crippen molar-refractivity contribution in [3.63, 3.8) is 0 Å². The summed E-state index contributed by atoms with van der Waals surface area (Å²) < 4.78 is 6.05. The highest BCUT2D eigenvalue weighted by Crippen LogP contribution is 2.24. The molecule has 0 saturated carbocycles. The van der Waals surface area contributed by atoms with Gasteiger partial charge in [0.05, 0.1) is 5.71 Å². The topological polar surface area (TPSA) is 94.8 Å². The van der Waals surface area contributed by atoms with Crippen LogP contribution in [0.3, 0.4) is 0 Å². The van der Waals surface area contributed by atoms with Gasteiger partial charge in [-0.2, -0.15) is 0 Å². The molecule has 0 aromatic heterocycles. The van der Waals surface area contributed by atoms with Gasteiger partial charge in [0.2, 0.25) is 0 Å². The first-order valence-corrected chi connectivity index (χ1v) is 9.87. The van der Waals surface area contributed by atoms with Crippen molar-refractivity contribution in [2.45, 2.75) is 53.1 Å². The molecule has 0 fully saturated rings. The molecule has 1 aromatic rings. The van der Waals surface area contributed by atoms with Gasteiger partial charge >= 0.3 is 0 Å². The third-order valence-electron chi connectivity index (χ3n) is 4.25. The molecule has 0 radical (unpaired) electrons. The van der Waals surface area contributed by atoms with E-state index < -0.39 is 0 Å². The van der Waals surface area contributed by atoms with Gasteiger partial charge in [0.25, 0.3) is 5.91 Å². The van der Waals surface area contributed by atoms with E-state index in [9.17, 15) is 9.90 Å². The van der Waals surface area contributed by atoms with Gasteiger partial charge < -0.3 is 20.6 Å². The second-order valence-corrected chi connectivity index (χ2v) is 7.14. The lowest BCUT2D eigenvalue weighted by Gasteiger charge is -2.19. The zero-order valence-corrected chi connectivity index (χ0v) is 17.9. The normalized spacial score (nSPS) is 13.0. The molecule has 0 saturated heterocycles. The highest BCUT2D eigenvalue weighted by molar-refractivity contribution is 6.28. The summed E-state index contributed by atoms with van der Waals surface area (Å²) in [5, 5.41) is 19.3. The molecule has 0 aliphatic rings. The number of carbonyl (C=O) groups excluding carboxylic acids is 1. The number of benzene rings is 1. The van der Waals surface area contributed by atoms with Crippen LogP contribution >= 0.6 is 0 Å². The van der Waals surface area contributed by atoms with Gasteiger partial charge in [-0.3, -0.25) is 9.79 Å². The first kappa shape index (κ1) is 24.3. The molecule has 0 aliphatic heterocycles. The summed E-state index contributed by atoms with van der Waals surface area (Å²) in [4.78, 5) is 16.8. The Hall–Kier alpha value is -2.73. The number of allylic oxidation sites excluding steroid dienone is 1. The second kappa shape index (κ2) is 12.7. The quantitative estimate of drug-likeness (QED) is 0.455. The first-order chi connectivity index (χ1) is 13.8. The standard InChI is InChI=1S/C23H33N3O3/c1-6-7-21(8-9-27)29-22-11-19(16(2)3)10-20(12-22)23(28)26-15-17(4)14-25-18(5)13-24/h10-14,21,24,27H,2,6-9,15H2,1,3-5H3,(H,26,28)/b17-14+,24-13?,25-18-. The molecule has 29 heavy (non-hydrogen) atoms. The summed E-state index contributed by atoms with van der Waals surface area (Å²) in [6.45, 7) is 11.9. The number of rotatable bonds is 12. The van der Waals surface area contributed by atoms with Crippen molar-refractivity contribution < 1.29 is 14.6 Å². The minimum absolute atomic E-state index is 0.0593. The maximum absolute atomic E-state index is 12.7. The molecule has 0 aliphatic carbocycles. The number of hydrogen-bond acceptors (Lipinski definition) is 5. The molecule has 0 bridgehead atoms. The van der Waals surface area contributed by atoms with Crippen molar-refractivity contribution in [1.82, 2.24) is 5.32 Å². The molecule has 0 heterocycles. The van der Waals surface area contributed by atoms with E-state index in [0.717, 1.165) is 29.6 Å². The number of amides is 1. The van der Waals surface area contributed by atoms with Crippen molar-refractivity contribution in [2.24, 2.45) is 4.99 Å². The van der Waals surface area contributed by atoms with Crippen LogP contribution in [0.5, 0.6) is 5.75 Å². The van der Waals surface area contributed by atoms with E-state index in [-0.39, 0.29) is 18.6 Å². The first-order valence-electron chi connectivity index (χ1n) is 9.87. The summed E-state index contributed by atoms with van der Waals surface area (Å²) in [6, 6.07) is 5.39. The Balaban J connectivity index is 2.98. The number of nitrogens with one attached hydrogen (secondary N) is 2. The van der Waals surface area contributed by atoms with Crippen LogP contribution in [-0.4, -0.2) is 42.2 Å². The largest absolute Gasteiger partial charge is 0.490 e. The molecule has 1 amide bonds. The number of carbonyl (C=O) groups is 1. The van der Waals surface area contributed by atoms with Gasteiger partial charge in [0.15, 0.2) is 0 Å². The Morgan fingerprint density at radius 2 is 1.97 bits per heavy atom. The number of nitrogens with zero attached hydrogens (tertiary/aromatic N) is 1. The molecule has 1 aromatic carbocycles. The number of aliphatic hydroxyl groups excluding tert-OH is 1. The Kier molecular flexibility index (Phi) is 10.6. The fraction of sp³-hybridized carbons (Fsp3) is 0.435. The molecule has 6 nitrogen and oxygen atoms in total. The van der Waals surface area contributed by atoms with Crippen LogP contribution in [0.2, 0.25) is 0 Å². The molecule has 6 heteroatoms. The van der Waals surface area contributed by atoms with Crippen molar-refractivity contribution in [2.75, 3.05) is 13.2 Å². The molecule has 158 valence electrons. The van der Waals surface area contributed by atoms with Crippen molar-refractivity contribution in [3.8, 4) is 5.75 Å². The Labute approximate surface area is 173 Å². The highest BCUT2D eigenvalue weighted by Gasteiger charge is 2.14. The number of ether oxygens (including phenoxy) is 1. The number of aliphatic imine (C=N–C) groups is 1. The van der Waals surface area contributed by atoms with Crippen molar-refractivity contribution >= 4 is 23.4 Å².